The van der Waals surface area contributed by atoms with Crippen LogP contribution in [0.2, 0.25) is 5.02 Å². The Kier molecular flexibility index (Phi) is 4.14. The number of alkyl carbamates (subject to hydrolysis) is 1. The fourth-order valence-electron chi connectivity index (χ4n) is 2.42. The number of benzene rings is 1. The first-order valence-electron chi connectivity index (χ1n) is 6.81. The van der Waals surface area contributed by atoms with E-state index in [0.29, 0.717) is 10.7 Å². The molecule has 0 saturated heterocycles. The van der Waals surface area contributed by atoms with Gasteiger partial charge in [0.1, 0.15) is 5.60 Å². The third-order valence-corrected chi connectivity index (χ3v) is 3.75. The second kappa shape index (κ2) is 5.52. The molecule has 1 atom stereocenters. The molecule has 1 aliphatic rings. The Labute approximate surface area is 124 Å². The molecule has 2 rings (SSSR count). The van der Waals surface area contributed by atoms with E-state index in [9.17, 15) is 4.79 Å². The van der Waals surface area contributed by atoms with Crippen LogP contribution >= 0.6 is 11.6 Å². The Morgan fingerprint density at radius 2 is 2.15 bits per heavy atom. The van der Waals surface area contributed by atoms with Crippen molar-refractivity contribution in [1.29, 1.82) is 0 Å². The number of nitrogens with one attached hydrogen (secondary N) is 1. The molecular weight excluding hydrogens is 276 g/mol. The van der Waals surface area contributed by atoms with Gasteiger partial charge in [0, 0.05) is 6.04 Å². The topological polar surface area (TPSA) is 64.3 Å². The molecule has 4 nitrogen and oxygen atoms in total. The van der Waals surface area contributed by atoms with E-state index in [1.165, 1.54) is 0 Å². The van der Waals surface area contributed by atoms with Crippen LogP contribution in [0.4, 0.5) is 10.5 Å². The van der Waals surface area contributed by atoms with E-state index in [4.69, 9.17) is 22.1 Å². The van der Waals surface area contributed by atoms with Gasteiger partial charge in [-0.3, -0.25) is 0 Å². The Morgan fingerprint density at radius 3 is 2.80 bits per heavy atom. The predicted octanol–water partition coefficient (Wildman–Crippen LogP) is 3.30. The average molecular weight is 297 g/mol. The quantitative estimate of drug-likeness (QED) is 0.782. The maximum Gasteiger partial charge on any atom is 0.407 e. The highest BCUT2D eigenvalue weighted by atomic mass is 35.5. The molecule has 1 aromatic rings. The van der Waals surface area contributed by atoms with Crippen LogP contribution in [0.3, 0.4) is 0 Å². The average Bonchev–Trinajstić information content (AvgIpc) is 2.31. The zero-order chi connectivity index (χ0) is 14.9. The van der Waals surface area contributed by atoms with Crippen molar-refractivity contribution in [2.75, 3.05) is 5.73 Å². The fraction of sp³-hybridized carbons (Fsp3) is 0.533. The van der Waals surface area contributed by atoms with Crippen molar-refractivity contribution in [2.45, 2.75) is 51.7 Å². The summed E-state index contributed by atoms with van der Waals surface area (Å²) in [6.07, 6.45) is 2.05. The van der Waals surface area contributed by atoms with Crippen LogP contribution in [-0.4, -0.2) is 17.7 Å². The maximum atomic E-state index is 11.8. The van der Waals surface area contributed by atoms with E-state index in [2.05, 4.69) is 5.32 Å². The van der Waals surface area contributed by atoms with Crippen molar-refractivity contribution in [2.24, 2.45) is 0 Å². The standard InChI is InChI=1S/C15H21ClN2O2/c1-15(2,3)20-14(19)18-10-5-6-11-9(8-10)4-7-12(17)13(11)16/h4,7,10H,5-6,8,17H2,1-3H3,(H,18,19). The summed E-state index contributed by atoms with van der Waals surface area (Å²) in [7, 11) is 0. The van der Waals surface area contributed by atoms with Crippen LogP contribution in [0.15, 0.2) is 12.1 Å². The Bertz CT molecular complexity index is 523. The molecule has 5 heteroatoms. The summed E-state index contributed by atoms with van der Waals surface area (Å²) >= 11 is 6.21. The first kappa shape index (κ1) is 15.0. The first-order chi connectivity index (χ1) is 9.26. The Balaban J connectivity index is 2.02. The van der Waals surface area contributed by atoms with Gasteiger partial charge in [-0.2, -0.15) is 0 Å². The summed E-state index contributed by atoms with van der Waals surface area (Å²) in [5, 5.41) is 3.57. The van der Waals surface area contributed by atoms with Gasteiger partial charge >= 0.3 is 6.09 Å². The van der Waals surface area contributed by atoms with Crippen molar-refractivity contribution in [3.8, 4) is 0 Å². The molecule has 110 valence electrons. The van der Waals surface area contributed by atoms with E-state index in [-0.39, 0.29) is 12.1 Å². The van der Waals surface area contributed by atoms with Gasteiger partial charge in [0.25, 0.3) is 0 Å². The molecule has 1 aromatic carbocycles. The molecular formula is C15H21ClN2O2. The summed E-state index contributed by atoms with van der Waals surface area (Å²) < 4.78 is 5.28. The molecule has 3 N–H and O–H groups in total. The van der Waals surface area contributed by atoms with E-state index in [0.717, 1.165) is 30.4 Å². The lowest BCUT2D eigenvalue weighted by molar-refractivity contribution is 0.0500. The second-order valence-corrected chi connectivity index (χ2v) is 6.57. The molecule has 1 amide bonds. The summed E-state index contributed by atoms with van der Waals surface area (Å²) in [4.78, 5) is 11.8. The zero-order valence-electron chi connectivity index (χ0n) is 12.1. The number of anilines is 1. The van der Waals surface area contributed by atoms with Crippen LogP contribution in [0, 0.1) is 0 Å². The molecule has 0 heterocycles. The molecule has 0 spiro atoms. The molecule has 0 fully saturated rings. The summed E-state index contributed by atoms with van der Waals surface area (Å²) in [6, 6.07) is 3.88. The highest BCUT2D eigenvalue weighted by Crippen LogP contribution is 2.32. The van der Waals surface area contributed by atoms with Crippen molar-refractivity contribution < 1.29 is 9.53 Å². The van der Waals surface area contributed by atoms with Crippen LogP contribution < -0.4 is 11.1 Å². The van der Waals surface area contributed by atoms with Gasteiger partial charge in [-0.15, -0.1) is 0 Å². The lowest BCUT2D eigenvalue weighted by Crippen LogP contribution is -2.41. The third kappa shape index (κ3) is 3.57. The third-order valence-electron chi connectivity index (χ3n) is 3.30. The van der Waals surface area contributed by atoms with Crippen LogP contribution in [0.1, 0.15) is 38.3 Å². The van der Waals surface area contributed by atoms with E-state index < -0.39 is 5.60 Å². The van der Waals surface area contributed by atoms with Crippen molar-refractivity contribution in [3.05, 3.63) is 28.3 Å². The number of hydrogen-bond donors (Lipinski definition) is 2. The molecule has 20 heavy (non-hydrogen) atoms. The number of amides is 1. The van der Waals surface area contributed by atoms with Gasteiger partial charge < -0.3 is 15.8 Å². The van der Waals surface area contributed by atoms with Gasteiger partial charge in [-0.05, 0) is 57.2 Å². The fourth-order valence-corrected chi connectivity index (χ4v) is 2.70. The van der Waals surface area contributed by atoms with Crippen molar-refractivity contribution >= 4 is 23.4 Å². The second-order valence-electron chi connectivity index (χ2n) is 6.19. The Morgan fingerprint density at radius 1 is 1.45 bits per heavy atom. The normalized spacial score (nSPS) is 18.3. The summed E-state index contributed by atoms with van der Waals surface area (Å²) in [6.45, 7) is 5.56. The van der Waals surface area contributed by atoms with Gasteiger partial charge in [0.05, 0.1) is 10.7 Å². The van der Waals surface area contributed by atoms with E-state index >= 15 is 0 Å². The van der Waals surface area contributed by atoms with E-state index in [1.807, 2.05) is 32.9 Å². The molecule has 1 aliphatic carbocycles. The highest BCUT2D eigenvalue weighted by molar-refractivity contribution is 6.34. The van der Waals surface area contributed by atoms with Crippen molar-refractivity contribution in [1.82, 2.24) is 5.32 Å². The number of ether oxygens (including phenoxy) is 1. The first-order valence-corrected chi connectivity index (χ1v) is 7.19. The summed E-state index contributed by atoms with van der Waals surface area (Å²) in [5.41, 5.74) is 8.20. The summed E-state index contributed by atoms with van der Waals surface area (Å²) in [5.74, 6) is 0. The smallest absolute Gasteiger partial charge is 0.407 e. The van der Waals surface area contributed by atoms with Crippen LogP contribution in [0.5, 0.6) is 0 Å². The van der Waals surface area contributed by atoms with Gasteiger partial charge in [-0.25, -0.2) is 4.79 Å². The van der Waals surface area contributed by atoms with Crippen molar-refractivity contribution in [3.63, 3.8) is 0 Å². The van der Waals surface area contributed by atoms with Gasteiger partial charge in [-0.1, -0.05) is 17.7 Å². The number of fused-ring (bicyclic) bond motifs is 1. The predicted molar refractivity (Wildman–Crippen MR) is 81.0 cm³/mol. The maximum absolute atomic E-state index is 11.8. The molecule has 0 radical (unpaired) electrons. The lowest BCUT2D eigenvalue weighted by Gasteiger charge is -2.28. The molecule has 0 bridgehead atoms. The van der Waals surface area contributed by atoms with Gasteiger partial charge in [0.2, 0.25) is 0 Å². The number of hydrogen-bond acceptors (Lipinski definition) is 3. The van der Waals surface area contributed by atoms with E-state index in [1.54, 1.807) is 0 Å². The van der Waals surface area contributed by atoms with Gasteiger partial charge in [0.15, 0.2) is 0 Å². The SMILES string of the molecule is CC(C)(C)OC(=O)NC1CCc2c(ccc(N)c2Cl)C1. The van der Waals surface area contributed by atoms with Crippen LogP contribution in [0.25, 0.3) is 0 Å². The lowest BCUT2D eigenvalue weighted by atomic mass is 9.88. The number of carbonyl (C=O) groups is 1. The molecule has 0 aromatic heterocycles. The Hall–Kier alpha value is -1.42. The number of nitrogen functional groups attached to an aromatic ring is 1. The molecule has 0 aliphatic heterocycles. The molecule has 0 saturated carbocycles. The largest absolute Gasteiger partial charge is 0.444 e. The number of nitrogens with two attached hydrogens (primary N) is 1. The van der Waals surface area contributed by atoms with Crippen LogP contribution in [-0.2, 0) is 17.6 Å². The minimum absolute atomic E-state index is 0.0806. The monoisotopic (exact) mass is 296 g/mol. The number of carbonyl (C=O) groups excluding carboxylic acids is 1. The zero-order valence-corrected chi connectivity index (χ0v) is 12.9. The highest BCUT2D eigenvalue weighted by Gasteiger charge is 2.24. The minimum atomic E-state index is -0.478. The molecule has 1 unspecified atom stereocenters. The number of rotatable bonds is 1. The number of halogens is 1. The minimum Gasteiger partial charge on any atom is -0.444 e.